The van der Waals surface area contributed by atoms with Crippen molar-refractivity contribution < 1.29 is 22.7 Å². The SMILES string of the molecule is CCOC(=O)c1ccc(NC(=O)C2CCCN(S(=O)(=O)CCCc3ccccc3)C2)cc1. The molecule has 8 heteroatoms. The Bertz CT molecular complexity index is 1010. The quantitative estimate of drug-likeness (QED) is 0.581. The predicted octanol–water partition coefficient (Wildman–Crippen LogP) is 3.48. The smallest absolute Gasteiger partial charge is 0.338 e. The Hall–Kier alpha value is -2.71. The number of aryl methyl sites for hydroxylation is 1. The van der Waals surface area contributed by atoms with Gasteiger partial charge in [0.1, 0.15) is 0 Å². The van der Waals surface area contributed by atoms with Crippen LogP contribution in [0.2, 0.25) is 0 Å². The van der Waals surface area contributed by atoms with Crippen LogP contribution in [-0.4, -0.2) is 50.0 Å². The van der Waals surface area contributed by atoms with Gasteiger partial charge in [0.05, 0.1) is 23.8 Å². The molecule has 172 valence electrons. The molecule has 2 aromatic carbocycles. The molecule has 2 aromatic rings. The Labute approximate surface area is 189 Å². The largest absolute Gasteiger partial charge is 0.462 e. The number of carbonyl (C=O) groups excluding carboxylic acids is 2. The number of nitrogens with one attached hydrogen (secondary N) is 1. The Morgan fingerprint density at radius 1 is 1.09 bits per heavy atom. The van der Waals surface area contributed by atoms with E-state index in [1.54, 1.807) is 31.2 Å². The minimum absolute atomic E-state index is 0.0750. The van der Waals surface area contributed by atoms with Crippen LogP contribution in [0.5, 0.6) is 0 Å². The minimum Gasteiger partial charge on any atom is -0.462 e. The van der Waals surface area contributed by atoms with Crippen molar-refractivity contribution in [2.24, 2.45) is 5.92 Å². The summed E-state index contributed by atoms with van der Waals surface area (Å²) in [4.78, 5) is 24.5. The van der Waals surface area contributed by atoms with Gasteiger partial charge in [0.2, 0.25) is 15.9 Å². The number of amides is 1. The number of hydrogen-bond donors (Lipinski definition) is 1. The molecule has 32 heavy (non-hydrogen) atoms. The summed E-state index contributed by atoms with van der Waals surface area (Å²) in [6.07, 6.45) is 2.55. The van der Waals surface area contributed by atoms with Crippen molar-refractivity contribution in [1.29, 1.82) is 0 Å². The average Bonchev–Trinajstić information content (AvgIpc) is 2.80. The molecule has 1 fully saturated rings. The van der Waals surface area contributed by atoms with E-state index >= 15 is 0 Å². The highest BCUT2D eigenvalue weighted by atomic mass is 32.2. The maximum absolute atomic E-state index is 12.8. The lowest BCUT2D eigenvalue weighted by molar-refractivity contribution is -0.120. The maximum atomic E-state index is 12.8. The third-order valence-electron chi connectivity index (χ3n) is 5.52. The van der Waals surface area contributed by atoms with Crippen LogP contribution in [0.15, 0.2) is 54.6 Å². The molecular weight excluding hydrogens is 428 g/mol. The predicted molar refractivity (Wildman–Crippen MR) is 124 cm³/mol. The number of ether oxygens (including phenoxy) is 1. The van der Waals surface area contributed by atoms with Gasteiger partial charge in [-0.25, -0.2) is 17.5 Å². The second kappa shape index (κ2) is 11.2. The molecule has 3 rings (SSSR count). The van der Waals surface area contributed by atoms with Gasteiger partial charge in [0.15, 0.2) is 0 Å². The van der Waals surface area contributed by atoms with E-state index in [2.05, 4.69) is 5.32 Å². The van der Waals surface area contributed by atoms with Crippen molar-refractivity contribution in [1.82, 2.24) is 4.31 Å². The number of hydrogen-bond acceptors (Lipinski definition) is 5. The summed E-state index contributed by atoms with van der Waals surface area (Å²) in [7, 11) is -3.41. The topological polar surface area (TPSA) is 92.8 Å². The van der Waals surface area contributed by atoms with Crippen LogP contribution in [0.1, 0.15) is 42.1 Å². The average molecular weight is 459 g/mol. The van der Waals surface area contributed by atoms with E-state index in [4.69, 9.17) is 4.74 Å². The van der Waals surface area contributed by atoms with Gasteiger partial charge in [-0.2, -0.15) is 0 Å². The number of sulfonamides is 1. The molecular formula is C24H30N2O5S. The van der Waals surface area contributed by atoms with Gasteiger partial charge in [-0.15, -0.1) is 0 Å². The van der Waals surface area contributed by atoms with Crippen LogP contribution in [0, 0.1) is 5.92 Å². The summed E-state index contributed by atoms with van der Waals surface area (Å²) in [5.41, 5.74) is 2.09. The van der Waals surface area contributed by atoms with Crippen LogP contribution in [0.25, 0.3) is 0 Å². The van der Waals surface area contributed by atoms with E-state index in [1.165, 1.54) is 4.31 Å². The van der Waals surface area contributed by atoms with Crippen LogP contribution >= 0.6 is 0 Å². The normalized spacial score (nSPS) is 17.0. The first-order valence-corrected chi connectivity index (χ1v) is 12.6. The fourth-order valence-electron chi connectivity index (χ4n) is 3.79. The summed E-state index contributed by atoms with van der Waals surface area (Å²) in [5.74, 6) is -0.952. The number of esters is 1. The van der Waals surface area contributed by atoms with Crippen molar-refractivity contribution in [2.75, 3.05) is 30.8 Å². The fourth-order valence-corrected chi connectivity index (χ4v) is 5.37. The lowest BCUT2D eigenvalue weighted by Crippen LogP contribution is -2.44. The lowest BCUT2D eigenvalue weighted by Gasteiger charge is -2.31. The molecule has 0 spiro atoms. The van der Waals surface area contributed by atoms with Crippen molar-refractivity contribution in [2.45, 2.75) is 32.6 Å². The number of anilines is 1. The third kappa shape index (κ3) is 6.64. The molecule has 0 aliphatic carbocycles. The van der Waals surface area contributed by atoms with Crippen molar-refractivity contribution in [3.8, 4) is 0 Å². The first-order chi connectivity index (χ1) is 15.4. The molecule has 0 bridgehead atoms. The van der Waals surface area contributed by atoms with Crippen LogP contribution < -0.4 is 5.32 Å². The molecule has 1 heterocycles. The van der Waals surface area contributed by atoms with Crippen molar-refractivity contribution in [3.05, 3.63) is 65.7 Å². The Kier molecular flexibility index (Phi) is 8.41. The first kappa shape index (κ1) is 23.9. The zero-order valence-electron chi connectivity index (χ0n) is 18.3. The van der Waals surface area contributed by atoms with E-state index in [-0.39, 0.29) is 18.2 Å². The zero-order chi connectivity index (χ0) is 23.0. The molecule has 1 amide bonds. The van der Waals surface area contributed by atoms with Crippen LogP contribution in [-0.2, 0) is 26.0 Å². The molecule has 0 aromatic heterocycles. The van der Waals surface area contributed by atoms with Gasteiger partial charge >= 0.3 is 5.97 Å². The minimum atomic E-state index is -3.41. The monoisotopic (exact) mass is 458 g/mol. The summed E-state index contributed by atoms with van der Waals surface area (Å²) < 4.78 is 32.0. The summed E-state index contributed by atoms with van der Waals surface area (Å²) >= 11 is 0. The van der Waals surface area contributed by atoms with Gasteiger partial charge in [-0.05, 0) is 62.4 Å². The second-order valence-corrected chi connectivity index (χ2v) is 9.98. The number of piperidine rings is 1. The van der Waals surface area contributed by atoms with Gasteiger partial charge in [0, 0.05) is 18.8 Å². The summed E-state index contributed by atoms with van der Waals surface area (Å²) in [5, 5.41) is 2.83. The van der Waals surface area contributed by atoms with E-state index in [0.717, 1.165) is 5.56 Å². The Morgan fingerprint density at radius 3 is 2.50 bits per heavy atom. The molecule has 1 atom stereocenters. The lowest BCUT2D eigenvalue weighted by atomic mass is 9.98. The molecule has 1 unspecified atom stereocenters. The first-order valence-electron chi connectivity index (χ1n) is 11.0. The number of carbonyl (C=O) groups is 2. The van der Waals surface area contributed by atoms with Gasteiger partial charge in [-0.1, -0.05) is 30.3 Å². The Balaban J connectivity index is 1.52. The standard InChI is InChI=1S/C24H30N2O5S/c1-2-31-24(28)20-12-14-22(15-13-20)25-23(27)21-11-6-16-26(18-21)32(29,30)17-7-10-19-8-4-3-5-9-19/h3-5,8-9,12-15,21H,2,6-7,10-11,16-18H2,1H3,(H,25,27). The second-order valence-electron chi connectivity index (χ2n) is 7.89. The van der Waals surface area contributed by atoms with Crippen LogP contribution in [0.4, 0.5) is 5.69 Å². The zero-order valence-corrected chi connectivity index (χ0v) is 19.1. The molecule has 1 aliphatic rings. The van der Waals surface area contributed by atoms with Gasteiger partial charge < -0.3 is 10.1 Å². The van der Waals surface area contributed by atoms with Gasteiger partial charge in [-0.3, -0.25) is 4.79 Å². The van der Waals surface area contributed by atoms with E-state index in [1.807, 2.05) is 30.3 Å². The number of rotatable bonds is 9. The highest BCUT2D eigenvalue weighted by molar-refractivity contribution is 7.89. The molecule has 1 aliphatic heterocycles. The molecule has 7 nitrogen and oxygen atoms in total. The van der Waals surface area contributed by atoms with E-state index in [0.29, 0.717) is 50.1 Å². The molecule has 1 N–H and O–H groups in total. The molecule has 1 saturated heterocycles. The van der Waals surface area contributed by atoms with Gasteiger partial charge in [0.25, 0.3) is 0 Å². The van der Waals surface area contributed by atoms with E-state index in [9.17, 15) is 18.0 Å². The highest BCUT2D eigenvalue weighted by Gasteiger charge is 2.32. The summed E-state index contributed by atoms with van der Waals surface area (Å²) in [6, 6.07) is 16.3. The van der Waals surface area contributed by atoms with Crippen molar-refractivity contribution >= 4 is 27.6 Å². The number of nitrogens with zero attached hydrogens (tertiary/aromatic N) is 1. The number of benzene rings is 2. The third-order valence-corrected chi connectivity index (χ3v) is 7.45. The maximum Gasteiger partial charge on any atom is 0.338 e. The molecule has 0 saturated carbocycles. The fraction of sp³-hybridized carbons (Fsp3) is 0.417. The van der Waals surface area contributed by atoms with Crippen molar-refractivity contribution in [3.63, 3.8) is 0 Å². The van der Waals surface area contributed by atoms with Crippen LogP contribution in [0.3, 0.4) is 0 Å². The molecule has 0 radical (unpaired) electrons. The highest BCUT2D eigenvalue weighted by Crippen LogP contribution is 2.22. The Morgan fingerprint density at radius 2 is 1.81 bits per heavy atom. The van der Waals surface area contributed by atoms with E-state index < -0.39 is 21.9 Å². The summed E-state index contributed by atoms with van der Waals surface area (Å²) in [6.45, 7) is 2.68.